The molecule has 2 aromatic rings. The molecule has 24 heavy (non-hydrogen) atoms. The topological polar surface area (TPSA) is 51.0 Å². The summed E-state index contributed by atoms with van der Waals surface area (Å²) >= 11 is 0. The van der Waals surface area contributed by atoms with Gasteiger partial charge in [0.05, 0.1) is 0 Å². The van der Waals surface area contributed by atoms with Crippen molar-refractivity contribution in [2.24, 2.45) is 0 Å². The molecule has 1 aromatic heterocycles. The Hall–Kier alpha value is -2.17. The van der Waals surface area contributed by atoms with Crippen molar-refractivity contribution in [1.29, 1.82) is 0 Å². The minimum Gasteiger partial charge on any atom is -0.338 e. The molecule has 1 amide bonds. The molecule has 128 valence electrons. The zero-order valence-corrected chi connectivity index (χ0v) is 14.6. The maximum absolute atomic E-state index is 12.4. The lowest BCUT2D eigenvalue weighted by Gasteiger charge is -2.17. The van der Waals surface area contributed by atoms with Gasteiger partial charge in [-0.05, 0) is 24.0 Å². The Morgan fingerprint density at radius 2 is 1.92 bits per heavy atom. The minimum atomic E-state index is 0.159. The average molecular weight is 326 g/mol. The Morgan fingerprint density at radius 3 is 2.62 bits per heavy atom. The zero-order chi connectivity index (χ0) is 16.9. The van der Waals surface area contributed by atoms with E-state index >= 15 is 0 Å². The molecule has 1 atom stereocenters. The molecule has 1 aliphatic heterocycles. The van der Waals surface area contributed by atoms with Gasteiger partial charge in [0.1, 0.15) is 12.2 Å². The van der Waals surface area contributed by atoms with Gasteiger partial charge in [0, 0.05) is 32.0 Å². The van der Waals surface area contributed by atoms with Gasteiger partial charge < -0.3 is 4.90 Å². The van der Waals surface area contributed by atoms with E-state index in [4.69, 9.17) is 0 Å². The molecule has 2 heterocycles. The normalized spacial score (nSPS) is 17.7. The van der Waals surface area contributed by atoms with Gasteiger partial charge in [-0.1, -0.05) is 44.5 Å². The summed E-state index contributed by atoms with van der Waals surface area (Å²) in [6.45, 7) is 6.62. The molecule has 0 spiro atoms. The number of carbonyl (C=O) groups is 1. The van der Waals surface area contributed by atoms with Crippen LogP contribution in [0.3, 0.4) is 0 Å². The lowest BCUT2D eigenvalue weighted by atomic mass is 10.1. The third-order valence-corrected chi connectivity index (χ3v) is 4.75. The predicted octanol–water partition coefficient (Wildman–Crippen LogP) is 3.16. The number of aromatic nitrogens is 3. The van der Waals surface area contributed by atoms with Gasteiger partial charge in [0.2, 0.25) is 5.91 Å². The van der Waals surface area contributed by atoms with Gasteiger partial charge in [0.15, 0.2) is 0 Å². The first-order valence-electron chi connectivity index (χ1n) is 8.94. The molecule has 0 N–H and O–H groups in total. The number of carbonyl (C=O) groups excluding carboxylic acids is 1. The van der Waals surface area contributed by atoms with E-state index in [1.807, 2.05) is 9.58 Å². The molecule has 1 aliphatic rings. The van der Waals surface area contributed by atoms with E-state index in [2.05, 4.69) is 48.2 Å². The summed E-state index contributed by atoms with van der Waals surface area (Å²) in [6.07, 6.45) is 5.41. The van der Waals surface area contributed by atoms with Crippen molar-refractivity contribution in [3.05, 3.63) is 47.5 Å². The minimum absolute atomic E-state index is 0.159. The molecule has 0 bridgehead atoms. The van der Waals surface area contributed by atoms with Crippen LogP contribution in [0.2, 0.25) is 0 Å². The summed E-state index contributed by atoms with van der Waals surface area (Å²) in [6, 6.07) is 8.55. The molecule has 1 aromatic carbocycles. The Kier molecular flexibility index (Phi) is 5.28. The summed E-state index contributed by atoms with van der Waals surface area (Å²) < 4.78 is 1.97. The molecular weight excluding hydrogens is 300 g/mol. The lowest BCUT2D eigenvalue weighted by Crippen LogP contribution is -2.24. The molecule has 0 radical (unpaired) electrons. The van der Waals surface area contributed by atoms with Crippen molar-refractivity contribution in [3.63, 3.8) is 0 Å². The Morgan fingerprint density at radius 1 is 1.17 bits per heavy atom. The van der Waals surface area contributed by atoms with Gasteiger partial charge >= 0.3 is 0 Å². The largest absolute Gasteiger partial charge is 0.338 e. The second kappa shape index (κ2) is 7.60. The summed E-state index contributed by atoms with van der Waals surface area (Å²) in [5, 5.41) is 4.33. The number of aryl methyl sites for hydroxylation is 2. The molecule has 1 saturated heterocycles. The fraction of sp³-hybridized carbons (Fsp3) is 0.526. The highest BCUT2D eigenvalue weighted by molar-refractivity contribution is 5.79. The van der Waals surface area contributed by atoms with E-state index < -0.39 is 0 Å². The number of hydrogen-bond acceptors (Lipinski definition) is 3. The lowest BCUT2D eigenvalue weighted by molar-refractivity contribution is -0.128. The van der Waals surface area contributed by atoms with E-state index in [1.165, 1.54) is 11.1 Å². The quantitative estimate of drug-likeness (QED) is 0.785. The van der Waals surface area contributed by atoms with Crippen molar-refractivity contribution in [2.45, 2.75) is 58.5 Å². The number of hydrogen-bond donors (Lipinski definition) is 0. The number of nitrogens with zero attached hydrogens (tertiary/aromatic N) is 4. The number of benzene rings is 1. The molecule has 3 rings (SSSR count). The summed E-state index contributed by atoms with van der Waals surface area (Å²) in [4.78, 5) is 18.8. The van der Waals surface area contributed by atoms with Gasteiger partial charge in [-0.15, -0.1) is 0 Å². The number of amides is 1. The Balaban J connectivity index is 1.66. The van der Waals surface area contributed by atoms with E-state index in [0.29, 0.717) is 13.0 Å². The van der Waals surface area contributed by atoms with Gasteiger partial charge in [-0.3, -0.25) is 4.79 Å². The molecule has 0 saturated carbocycles. The van der Waals surface area contributed by atoms with Gasteiger partial charge in [-0.25, -0.2) is 9.67 Å². The smallest absolute Gasteiger partial charge is 0.223 e. The maximum atomic E-state index is 12.4. The molecule has 5 nitrogen and oxygen atoms in total. The summed E-state index contributed by atoms with van der Waals surface area (Å²) in [5.74, 6) is 1.33. The molecule has 0 aliphatic carbocycles. The standard InChI is InChI=1S/C19H26N4O/c1-3-5-10-23-19(20-14-21-23)17-11-18(24)22(13-17)12-16-8-6-15(4-2)7-9-16/h6-9,14,17H,3-5,10-13H2,1-2H3. The molecular formula is C19H26N4O. The van der Waals surface area contributed by atoms with E-state index in [-0.39, 0.29) is 11.8 Å². The first-order chi connectivity index (χ1) is 11.7. The summed E-state index contributed by atoms with van der Waals surface area (Å²) in [5.41, 5.74) is 2.52. The van der Waals surface area contributed by atoms with Crippen molar-refractivity contribution in [1.82, 2.24) is 19.7 Å². The number of rotatable bonds is 7. The van der Waals surface area contributed by atoms with Crippen LogP contribution >= 0.6 is 0 Å². The average Bonchev–Trinajstić information content (AvgIpc) is 3.20. The summed E-state index contributed by atoms with van der Waals surface area (Å²) in [7, 11) is 0. The van der Waals surface area contributed by atoms with E-state index in [1.54, 1.807) is 6.33 Å². The zero-order valence-electron chi connectivity index (χ0n) is 14.6. The number of likely N-dealkylation sites (tertiary alicyclic amines) is 1. The predicted molar refractivity (Wildman–Crippen MR) is 93.5 cm³/mol. The molecule has 1 fully saturated rings. The van der Waals surface area contributed by atoms with Crippen molar-refractivity contribution < 1.29 is 4.79 Å². The highest BCUT2D eigenvalue weighted by Gasteiger charge is 2.33. The second-order valence-electron chi connectivity index (χ2n) is 6.54. The highest BCUT2D eigenvalue weighted by Crippen LogP contribution is 2.28. The van der Waals surface area contributed by atoms with Crippen LogP contribution in [-0.4, -0.2) is 32.1 Å². The van der Waals surface area contributed by atoms with Crippen LogP contribution in [0, 0.1) is 0 Å². The number of unbranched alkanes of at least 4 members (excludes halogenated alkanes) is 1. The van der Waals surface area contributed by atoms with Gasteiger partial charge in [-0.2, -0.15) is 5.10 Å². The van der Waals surface area contributed by atoms with Crippen molar-refractivity contribution >= 4 is 5.91 Å². The van der Waals surface area contributed by atoms with Crippen molar-refractivity contribution in [2.75, 3.05) is 6.54 Å². The van der Waals surface area contributed by atoms with Crippen LogP contribution in [0.1, 0.15) is 56.0 Å². The second-order valence-corrected chi connectivity index (χ2v) is 6.54. The van der Waals surface area contributed by atoms with Crippen molar-refractivity contribution in [3.8, 4) is 0 Å². The van der Waals surface area contributed by atoms with E-state index in [9.17, 15) is 4.79 Å². The third-order valence-electron chi connectivity index (χ3n) is 4.75. The van der Waals surface area contributed by atoms with Gasteiger partial charge in [0.25, 0.3) is 0 Å². The molecule has 1 unspecified atom stereocenters. The fourth-order valence-electron chi connectivity index (χ4n) is 3.27. The third kappa shape index (κ3) is 3.66. The van der Waals surface area contributed by atoms with Crippen LogP contribution in [0.4, 0.5) is 0 Å². The van der Waals surface area contributed by atoms with Crippen LogP contribution in [0.5, 0.6) is 0 Å². The van der Waals surface area contributed by atoms with E-state index in [0.717, 1.165) is 38.2 Å². The Bertz CT molecular complexity index is 677. The maximum Gasteiger partial charge on any atom is 0.223 e. The first kappa shape index (κ1) is 16.7. The van der Waals surface area contributed by atoms with Crippen LogP contribution in [-0.2, 0) is 24.3 Å². The van der Waals surface area contributed by atoms with Crippen LogP contribution in [0.15, 0.2) is 30.6 Å². The van der Waals surface area contributed by atoms with Crippen LogP contribution in [0.25, 0.3) is 0 Å². The highest BCUT2D eigenvalue weighted by atomic mass is 16.2. The fourth-order valence-corrected chi connectivity index (χ4v) is 3.27. The SMILES string of the molecule is CCCCn1ncnc1C1CC(=O)N(Cc2ccc(CC)cc2)C1. The Labute approximate surface area is 143 Å². The van der Waals surface area contributed by atoms with Crippen LogP contribution < -0.4 is 0 Å². The molecule has 5 heteroatoms. The first-order valence-corrected chi connectivity index (χ1v) is 8.94. The monoisotopic (exact) mass is 326 g/mol.